The van der Waals surface area contributed by atoms with Crippen LogP contribution in [0.2, 0.25) is 0 Å². The summed E-state index contributed by atoms with van der Waals surface area (Å²) in [4.78, 5) is 11.6. The van der Waals surface area contributed by atoms with Crippen LogP contribution in [0.4, 0.5) is 0 Å². The molecular formula is C27H33N3O6S. The summed E-state index contributed by atoms with van der Waals surface area (Å²) in [5.74, 6) is 1.59. The van der Waals surface area contributed by atoms with E-state index in [9.17, 15) is 8.42 Å². The molecule has 1 aromatic heterocycles. The minimum atomic E-state index is -3.56. The number of carbonyl (C=O) groups is 1. The van der Waals surface area contributed by atoms with Crippen molar-refractivity contribution in [2.24, 2.45) is 0 Å². The smallest absolute Gasteiger partial charge is 0.243 e. The van der Waals surface area contributed by atoms with Crippen molar-refractivity contribution >= 4 is 16.4 Å². The third-order valence-corrected chi connectivity index (χ3v) is 8.50. The second-order valence-electron chi connectivity index (χ2n) is 9.00. The molecule has 37 heavy (non-hydrogen) atoms. The van der Waals surface area contributed by atoms with Gasteiger partial charge >= 0.3 is 0 Å². The molecule has 2 aliphatic heterocycles. The van der Waals surface area contributed by atoms with Crippen molar-refractivity contribution in [2.75, 3.05) is 32.8 Å². The average molecular weight is 528 g/mol. The molecule has 3 heterocycles. The van der Waals surface area contributed by atoms with Crippen molar-refractivity contribution in [1.29, 1.82) is 0 Å². The van der Waals surface area contributed by atoms with E-state index in [0.717, 1.165) is 34.7 Å². The van der Waals surface area contributed by atoms with Crippen molar-refractivity contribution in [2.45, 2.75) is 37.1 Å². The minimum absolute atomic E-state index is 0.181. The van der Waals surface area contributed by atoms with E-state index < -0.39 is 10.0 Å². The fourth-order valence-corrected chi connectivity index (χ4v) is 6.00. The predicted molar refractivity (Wildman–Crippen MR) is 139 cm³/mol. The lowest BCUT2D eigenvalue weighted by atomic mass is 10.1. The molecule has 2 aliphatic rings. The van der Waals surface area contributed by atoms with Gasteiger partial charge in [0.2, 0.25) is 16.4 Å². The molecular weight excluding hydrogens is 494 g/mol. The van der Waals surface area contributed by atoms with Crippen LogP contribution in [-0.4, -0.2) is 62.0 Å². The number of hydrogen-bond acceptors (Lipinski definition) is 7. The minimum Gasteiger partial charge on any atom is -0.492 e. The molecule has 1 amide bonds. The van der Waals surface area contributed by atoms with Crippen LogP contribution in [0.5, 0.6) is 5.75 Å². The van der Waals surface area contributed by atoms with Crippen LogP contribution in [0.15, 0.2) is 70.2 Å². The number of carbonyl (C=O) groups excluding carboxylic acids is 1. The van der Waals surface area contributed by atoms with E-state index >= 15 is 0 Å². The van der Waals surface area contributed by atoms with Gasteiger partial charge in [0.15, 0.2) is 0 Å². The van der Waals surface area contributed by atoms with Crippen molar-refractivity contribution in [3.63, 3.8) is 0 Å². The summed E-state index contributed by atoms with van der Waals surface area (Å²) in [6.07, 6.45) is 6.40. The SMILES string of the molecule is O=CNO.O=S(=O)(c1ccc(-c2ccc(OCCN3CCCCC3)cc2)cc1)N1CCc2ccoc2C1. The molecule has 0 spiro atoms. The lowest BCUT2D eigenvalue weighted by Crippen LogP contribution is -2.35. The molecule has 5 rings (SSSR count). The van der Waals surface area contributed by atoms with Crippen LogP contribution in [0.25, 0.3) is 11.1 Å². The Kier molecular flexibility index (Phi) is 9.34. The van der Waals surface area contributed by atoms with E-state index in [2.05, 4.69) is 4.90 Å². The number of benzene rings is 2. The van der Waals surface area contributed by atoms with E-state index in [1.54, 1.807) is 18.4 Å². The van der Waals surface area contributed by atoms with E-state index in [1.807, 2.05) is 42.5 Å². The molecule has 1 fully saturated rings. The Bertz CT molecular complexity index is 1240. The van der Waals surface area contributed by atoms with Crippen molar-refractivity contribution < 1.29 is 27.6 Å². The maximum atomic E-state index is 13.1. The number of ether oxygens (including phenoxy) is 1. The number of fused-ring (bicyclic) bond motifs is 1. The topological polar surface area (TPSA) is 112 Å². The summed E-state index contributed by atoms with van der Waals surface area (Å²) >= 11 is 0. The Labute approximate surface area is 217 Å². The van der Waals surface area contributed by atoms with E-state index in [4.69, 9.17) is 19.2 Å². The van der Waals surface area contributed by atoms with Gasteiger partial charge in [-0.25, -0.2) is 13.9 Å². The Balaban J connectivity index is 0.000000747. The van der Waals surface area contributed by atoms with E-state index in [1.165, 1.54) is 42.1 Å². The van der Waals surface area contributed by atoms with Gasteiger partial charge < -0.3 is 9.15 Å². The first kappa shape index (κ1) is 26.9. The third kappa shape index (κ3) is 6.98. The van der Waals surface area contributed by atoms with E-state index in [0.29, 0.717) is 24.5 Å². The number of likely N-dealkylation sites (tertiary alicyclic amines) is 1. The summed E-state index contributed by atoms with van der Waals surface area (Å²) in [7, 11) is -3.56. The quantitative estimate of drug-likeness (QED) is 0.261. The van der Waals surface area contributed by atoms with E-state index in [-0.39, 0.29) is 13.0 Å². The summed E-state index contributed by atoms with van der Waals surface area (Å²) in [6, 6.07) is 17.0. The second kappa shape index (κ2) is 12.9. The molecule has 198 valence electrons. The molecule has 2 N–H and O–H groups in total. The normalized spacial score (nSPS) is 16.2. The fourth-order valence-electron chi connectivity index (χ4n) is 4.61. The summed E-state index contributed by atoms with van der Waals surface area (Å²) < 4.78 is 39.0. The molecule has 2 aromatic carbocycles. The zero-order chi connectivity index (χ0) is 26.1. The molecule has 1 saturated heterocycles. The van der Waals surface area contributed by atoms with Crippen LogP contribution in [0, 0.1) is 0 Å². The van der Waals surface area contributed by atoms with Crippen LogP contribution < -0.4 is 10.2 Å². The number of hydroxylamine groups is 1. The lowest BCUT2D eigenvalue weighted by molar-refractivity contribution is -0.116. The Morgan fingerprint density at radius 1 is 0.946 bits per heavy atom. The molecule has 0 aliphatic carbocycles. The summed E-state index contributed by atoms with van der Waals surface area (Å²) in [5.41, 5.74) is 4.34. The van der Waals surface area contributed by atoms with Gasteiger partial charge in [-0.1, -0.05) is 30.7 Å². The predicted octanol–water partition coefficient (Wildman–Crippen LogP) is 3.68. The maximum Gasteiger partial charge on any atom is 0.243 e. The second-order valence-corrected chi connectivity index (χ2v) is 10.9. The lowest BCUT2D eigenvalue weighted by Gasteiger charge is -2.26. The number of nitrogens with zero attached hydrogens (tertiary/aromatic N) is 2. The zero-order valence-electron chi connectivity index (χ0n) is 20.7. The van der Waals surface area contributed by atoms with Gasteiger partial charge in [-0.3, -0.25) is 14.9 Å². The molecule has 0 atom stereocenters. The van der Waals surface area contributed by atoms with Crippen molar-refractivity contribution in [3.05, 3.63) is 72.2 Å². The van der Waals surface area contributed by atoms with Gasteiger partial charge in [0, 0.05) is 13.1 Å². The van der Waals surface area contributed by atoms with Gasteiger partial charge in [-0.05, 0) is 79.4 Å². The molecule has 3 aromatic rings. The number of nitrogens with one attached hydrogen (secondary N) is 1. The summed E-state index contributed by atoms with van der Waals surface area (Å²) in [6.45, 7) is 4.77. The van der Waals surface area contributed by atoms with Gasteiger partial charge in [0.05, 0.1) is 17.7 Å². The maximum absolute atomic E-state index is 13.1. The van der Waals surface area contributed by atoms with Crippen molar-refractivity contribution in [1.82, 2.24) is 14.7 Å². The number of amides is 1. The van der Waals surface area contributed by atoms with Gasteiger partial charge in [-0.2, -0.15) is 4.31 Å². The highest BCUT2D eigenvalue weighted by Crippen LogP contribution is 2.28. The Morgan fingerprint density at radius 3 is 2.24 bits per heavy atom. The van der Waals surface area contributed by atoms with Crippen LogP contribution in [0.1, 0.15) is 30.6 Å². The Hall–Kier alpha value is -3.18. The molecule has 0 bridgehead atoms. The highest BCUT2D eigenvalue weighted by Gasteiger charge is 2.29. The monoisotopic (exact) mass is 527 g/mol. The number of sulfonamides is 1. The number of rotatable bonds is 8. The molecule has 9 nitrogen and oxygen atoms in total. The van der Waals surface area contributed by atoms with Gasteiger partial charge in [-0.15, -0.1) is 0 Å². The third-order valence-electron chi connectivity index (χ3n) is 6.65. The summed E-state index contributed by atoms with van der Waals surface area (Å²) in [5, 5.41) is 7.26. The molecule has 0 saturated carbocycles. The zero-order valence-corrected chi connectivity index (χ0v) is 21.5. The number of hydrogen-bond donors (Lipinski definition) is 2. The average Bonchev–Trinajstić information content (AvgIpc) is 3.42. The molecule has 0 radical (unpaired) electrons. The fraction of sp³-hybridized carbons (Fsp3) is 0.370. The highest BCUT2D eigenvalue weighted by atomic mass is 32.2. The standard InChI is InChI=1S/C26H30N2O4S.CH3NO2/c29-33(30,28-16-12-23-13-18-32-26(23)20-28)25-10-6-22(7-11-25)21-4-8-24(9-5-21)31-19-17-27-14-2-1-3-15-27;3-1-2-4/h4-11,13,18H,1-3,12,14-17,19-20H2;1,4H,(H,2,3). The largest absolute Gasteiger partial charge is 0.492 e. The number of piperidine rings is 1. The molecule has 0 unspecified atom stereocenters. The van der Waals surface area contributed by atoms with Crippen LogP contribution >= 0.6 is 0 Å². The first-order valence-corrected chi connectivity index (χ1v) is 13.9. The molecule has 10 heteroatoms. The number of furan rings is 1. The first-order chi connectivity index (χ1) is 18.0. The Morgan fingerprint density at radius 2 is 1.59 bits per heavy atom. The first-order valence-electron chi connectivity index (χ1n) is 12.5. The van der Waals surface area contributed by atoms with Gasteiger partial charge in [0.25, 0.3) is 0 Å². The van der Waals surface area contributed by atoms with Gasteiger partial charge in [0.1, 0.15) is 18.1 Å². The van der Waals surface area contributed by atoms with Crippen molar-refractivity contribution in [3.8, 4) is 16.9 Å². The highest BCUT2D eigenvalue weighted by molar-refractivity contribution is 7.89. The van der Waals surface area contributed by atoms with Crippen LogP contribution in [0.3, 0.4) is 0 Å². The van der Waals surface area contributed by atoms with Crippen LogP contribution in [-0.2, 0) is 27.8 Å².